The fourth-order valence-electron chi connectivity index (χ4n) is 1.51. The third kappa shape index (κ3) is 4.73. The van der Waals surface area contributed by atoms with E-state index in [9.17, 15) is 0 Å². The van der Waals surface area contributed by atoms with Gasteiger partial charge in [0.05, 0.1) is 0 Å². The van der Waals surface area contributed by atoms with E-state index < -0.39 is 0 Å². The van der Waals surface area contributed by atoms with Gasteiger partial charge in [0.15, 0.2) is 0 Å². The van der Waals surface area contributed by atoms with Crippen LogP contribution in [0.3, 0.4) is 0 Å². The van der Waals surface area contributed by atoms with E-state index in [4.69, 9.17) is 17.3 Å². The lowest BCUT2D eigenvalue weighted by Gasteiger charge is -2.22. The van der Waals surface area contributed by atoms with Crippen molar-refractivity contribution in [3.05, 3.63) is 5.28 Å². The predicted molar refractivity (Wildman–Crippen MR) is 71.3 cm³/mol. The number of rotatable bonds is 7. The number of anilines is 2. The lowest BCUT2D eigenvalue weighted by molar-refractivity contribution is 0.662. The van der Waals surface area contributed by atoms with E-state index in [-0.39, 0.29) is 11.2 Å². The lowest BCUT2D eigenvalue weighted by atomic mass is 10.3. The van der Waals surface area contributed by atoms with Crippen LogP contribution in [0.25, 0.3) is 0 Å². The number of nitrogen functional groups attached to an aromatic ring is 1. The molecule has 0 aromatic carbocycles. The first-order chi connectivity index (χ1) is 8.17. The Morgan fingerprint density at radius 1 is 1.06 bits per heavy atom. The first-order valence-corrected chi connectivity index (χ1v) is 6.47. The Balaban J connectivity index is 2.78. The second-order valence-corrected chi connectivity index (χ2v) is 4.29. The smallest absolute Gasteiger partial charge is 0.231 e. The molecular weight excluding hydrogens is 238 g/mol. The summed E-state index contributed by atoms with van der Waals surface area (Å²) >= 11 is 5.79. The molecule has 0 aliphatic carbocycles. The Morgan fingerprint density at radius 3 is 2.12 bits per heavy atom. The molecule has 0 saturated carbocycles. The van der Waals surface area contributed by atoms with E-state index in [2.05, 4.69) is 33.7 Å². The standard InChI is InChI=1S/C11H20ClN5/c1-3-5-7-17(8-6-4-2)11-15-9(12)14-10(13)16-11/h3-8H2,1-2H3,(H2,13,14,15,16). The van der Waals surface area contributed by atoms with Crippen LogP contribution >= 0.6 is 11.6 Å². The molecule has 0 saturated heterocycles. The summed E-state index contributed by atoms with van der Waals surface area (Å²) < 4.78 is 0. The van der Waals surface area contributed by atoms with Gasteiger partial charge in [0.2, 0.25) is 17.2 Å². The van der Waals surface area contributed by atoms with Crippen molar-refractivity contribution in [2.45, 2.75) is 39.5 Å². The molecule has 17 heavy (non-hydrogen) atoms. The number of nitrogens with two attached hydrogens (primary N) is 1. The lowest BCUT2D eigenvalue weighted by Crippen LogP contribution is -2.28. The van der Waals surface area contributed by atoms with E-state index in [0.717, 1.165) is 38.8 Å². The molecule has 96 valence electrons. The summed E-state index contributed by atoms with van der Waals surface area (Å²) in [5.41, 5.74) is 5.58. The molecule has 0 aliphatic rings. The Kier molecular flexibility index (Phi) is 5.97. The first kappa shape index (κ1) is 14.0. The quantitative estimate of drug-likeness (QED) is 0.813. The minimum atomic E-state index is 0.158. The summed E-state index contributed by atoms with van der Waals surface area (Å²) in [5, 5.41) is 0.158. The zero-order valence-electron chi connectivity index (χ0n) is 10.5. The summed E-state index contributed by atoms with van der Waals surface area (Å²) in [6.45, 7) is 6.17. The van der Waals surface area contributed by atoms with Gasteiger partial charge in [-0.05, 0) is 24.4 Å². The summed E-state index contributed by atoms with van der Waals surface area (Å²) in [7, 11) is 0. The van der Waals surface area contributed by atoms with Crippen LogP contribution in [-0.4, -0.2) is 28.0 Å². The molecule has 0 atom stereocenters. The fraction of sp³-hybridized carbons (Fsp3) is 0.727. The molecule has 1 heterocycles. The highest BCUT2D eigenvalue weighted by molar-refractivity contribution is 6.28. The van der Waals surface area contributed by atoms with Gasteiger partial charge >= 0.3 is 0 Å². The maximum Gasteiger partial charge on any atom is 0.231 e. The highest BCUT2D eigenvalue weighted by Crippen LogP contribution is 2.13. The number of hydrogen-bond donors (Lipinski definition) is 1. The third-order valence-electron chi connectivity index (χ3n) is 2.46. The van der Waals surface area contributed by atoms with Gasteiger partial charge in [0.1, 0.15) is 0 Å². The summed E-state index contributed by atoms with van der Waals surface area (Å²) in [5.74, 6) is 0.766. The molecule has 0 aliphatic heterocycles. The minimum absolute atomic E-state index is 0.158. The van der Waals surface area contributed by atoms with Gasteiger partial charge in [-0.25, -0.2) is 0 Å². The zero-order chi connectivity index (χ0) is 12.7. The van der Waals surface area contributed by atoms with E-state index in [1.54, 1.807) is 0 Å². The molecule has 5 nitrogen and oxygen atoms in total. The molecule has 0 radical (unpaired) electrons. The van der Waals surface area contributed by atoms with Gasteiger partial charge in [0.25, 0.3) is 0 Å². The average molecular weight is 258 g/mol. The van der Waals surface area contributed by atoms with Gasteiger partial charge in [-0.3, -0.25) is 0 Å². The second kappa shape index (κ2) is 7.27. The van der Waals surface area contributed by atoms with Crippen molar-refractivity contribution < 1.29 is 0 Å². The van der Waals surface area contributed by atoms with Crippen molar-refractivity contribution >= 4 is 23.5 Å². The van der Waals surface area contributed by atoms with Crippen LogP contribution < -0.4 is 10.6 Å². The monoisotopic (exact) mass is 257 g/mol. The summed E-state index contributed by atoms with van der Waals surface area (Å²) in [6, 6.07) is 0. The maximum absolute atomic E-state index is 5.79. The Morgan fingerprint density at radius 2 is 1.65 bits per heavy atom. The minimum Gasteiger partial charge on any atom is -0.368 e. The number of hydrogen-bond acceptors (Lipinski definition) is 5. The van der Waals surface area contributed by atoms with Gasteiger partial charge < -0.3 is 10.6 Å². The van der Waals surface area contributed by atoms with Gasteiger partial charge in [0, 0.05) is 13.1 Å². The number of unbranched alkanes of at least 4 members (excludes halogenated alkanes) is 2. The van der Waals surface area contributed by atoms with Crippen LogP contribution in [0.4, 0.5) is 11.9 Å². The second-order valence-electron chi connectivity index (χ2n) is 3.96. The largest absolute Gasteiger partial charge is 0.368 e. The van der Waals surface area contributed by atoms with Crippen LogP contribution in [-0.2, 0) is 0 Å². The molecular formula is C11H20ClN5. The topological polar surface area (TPSA) is 67.9 Å². The van der Waals surface area contributed by atoms with Crippen molar-refractivity contribution in [1.29, 1.82) is 0 Å². The van der Waals surface area contributed by atoms with E-state index >= 15 is 0 Å². The van der Waals surface area contributed by atoms with Crippen LogP contribution in [0, 0.1) is 0 Å². The normalized spacial score (nSPS) is 10.5. The van der Waals surface area contributed by atoms with E-state index in [1.807, 2.05) is 0 Å². The molecule has 2 N–H and O–H groups in total. The summed E-state index contributed by atoms with van der Waals surface area (Å²) in [6.07, 6.45) is 4.48. The predicted octanol–water partition coefficient (Wildman–Crippen LogP) is 2.51. The molecule has 0 fully saturated rings. The molecule has 6 heteroatoms. The maximum atomic E-state index is 5.79. The summed E-state index contributed by atoms with van der Waals surface area (Å²) in [4.78, 5) is 14.2. The highest BCUT2D eigenvalue weighted by atomic mass is 35.5. The van der Waals surface area contributed by atoms with Crippen molar-refractivity contribution in [2.75, 3.05) is 23.7 Å². The van der Waals surface area contributed by atoms with Gasteiger partial charge in [-0.15, -0.1) is 0 Å². The first-order valence-electron chi connectivity index (χ1n) is 6.09. The highest BCUT2D eigenvalue weighted by Gasteiger charge is 2.11. The molecule has 1 aromatic heterocycles. The van der Waals surface area contributed by atoms with E-state index in [1.165, 1.54) is 0 Å². The molecule has 1 rings (SSSR count). The molecule has 0 bridgehead atoms. The molecule has 0 amide bonds. The number of nitrogens with zero attached hydrogens (tertiary/aromatic N) is 4. The van der Waals surface area contributed by atoms with Crippen molar-refractivity contribution in [2.24, 2.45) is 0 Å². The number of aromatic nitrogens is 3. The molecule has 0 spiro atoms. The van der Waals surface area contributed by atoms with Gasteiger partial charge in [-0.2, -0.15) is 15.0 Å². The van der Waals surface area contributed by atoms with Crippen LogP contribution in [0.2, 0.25) is 5.28 Å². The molecule has 0 unspecified atom stereocenters. The van der Waals surface area contributed by atoms with Crippen LogP contribution in [0.15, 0.2) is 0 Å². The van der Waals surface area contributed by atoms with Crippen molar-refractivity contribution in [3.8, 4) is 0 Å². The Labute approximate surface area is 107 Å². The fourth-order valence-corrected chi connectivity index (χ4v) is 1.67. The van der Waals surface area contributed by atoms with Gasteiger partial charge in [-0.1, -0.05) is 26.7 Å². The molecule has 1 aromatic rings. The van der Waals surface area contributed by atoms with Crippen LogP contribution in [0.5, 0.6) is 0 Å². The van der Waals surface area contributed by atoms with Crippen molar-refractivity contribution in [1.82, 2.24) is 15.0 Å². The Bertz CT molecular complexity index is 316. The Hall–Kier alpha value is -1.10. The number of halogens is 1. The zero-order valence-corrected chi connectivity index (χ0v) is 11.2. The van der Waals surface area contributed by atoms with Crippen LogP contribution in [0.1, 0.15) is 39.5 Å². The SMILES string of the molecule is CCCCN(CCCC)c1nc(N)nc(Cl)n1. The van der Waals surface area contributed by atoms with E-state index in [0.29, 0.717) is 5.95 Å². The third-order valence-corrected chi connectivity index (χ3v) is 2.63. The van der Waals surface area contributed by atoms with Crippen molar-refractivity contribution in [3.63, 3.8) is 0 Å². The average Bonchev–Trinajstić information content (AvgIpc) is 2.28.